The maximum Gasteiger partial charge on any atom is 0.252 e. The number of likely N-dealkylation sites (tertiary alicyclic amines) is 1. The van der Waals surface area contributed by atoms with Gasteiger partial charge in [-0.2, -0.15) is 5.10 Å². The highest BCUT2D eigenvalue weighted by molar-refractivity contribution is 5.99. The lowest BCUT2D eigenvalue weighted by atomic mass is 10.0. The van der Waals surface area contributed by atoms with Crippen molar-refractivity contribution in [1.29, 1.82) is 0 Å². The van der Waals surface area contributed by atoms with Crippen molar-refractivity contribution in [2.24, 2.45) is 5.10 Å². The maximum absolute atomic E-state index is 11.5. The molecule has 0 bridgehead atoms. The number of H-pyrrole nitrogens is 1. The molecule has 0 spiro atoms. The van der Waals surface area contributed by atoms with E-state index in [0.717, 1.165) is 36.5 Å². The first-order valence-electron chi connectivity index (χ1n) is 9.05. The van der Waals surface area contributed by atoms with Crippen LogP contribution in [0.5, 0.6) is 5.75 Å². The Morgan fingerprint density at radius 1 is 1.31 bits per heavy atom. The van der Waals surface area contributed by atoms with Gasteiger partial charge in [0.1, 0.15) is 12.3 Å². The third kappa shape index (κ3) is 4.70. The molecule has 1 aromatic carbocycles. The summed E-state index contributed by atoms with van der Waals surface area (Å²) in [4.78, 5) is 19.8. The highest BCUT2D eigenvalue weighted by Gasteiger charge is 2.16. The second-order valence-electron chi connectivity index (χ2n) is 6.88. The summed E-state index contributed by atoms with van der Waals surface area (Å²) < 4.78 is 0. The van der Waals surface area contributed by atoms with E-state index in [0.29, 0.717) is 17.4 Å². The van der Waals surface area contributed by atoms with Crippen molar-refractivity contribution in [1.82, 2.24) is 9.97 Å². The van der Waals surface area contributed by atoms with Crippen molar-refractivity contribution in [2.75, 3.05) is 18.5 Å². The molecule has 1 fully saturated rings. The molecule has 0 amide bonds. The third-order valence-electron chi connectivity index (χ3n) is 4.70. The number of aromatic amines is 1. The molecule has 1 aliphatic rings. The number of rotatable bonds is 5. The minimum absolute atomic E-state index is 0.218. The van der Waals surface area contributed by atoms with Crippen molar-refractivity contribution in [2.45, 2.75) is 39.7 Å². The number of aromatic hydroxyl groups is 1. The topological polar surface area (TPSA) is 94.8 Å². The Bertz CT molecular complexity index is 853. The fraction of sp³-hybridized carbons (Fsp3) is 0.421. The number of anilines is 1. The second kappa shape index (κ2) is 8.14. The molecule has 0 unspecified atom stereocenters. The van der Waals surface area contributed by atoms with Crippen LogP contribution in [0.25, 0.3) is 0 Å². The van der Waals surface area contributed by atoms with Gasteiger partial charge in [-0.15, -0.1) is 0 Å². The van der Waals surface area contributed by atoms with E-state index in [1.807, 2.05) is 19.1 Å². The van der Waals surface area contributed by atoms with E-state index in [9.17, 15) is 9.90 Å². The lowest BCUT2D eigenvalue weighted by Gasteiger charge is -2.24. The van der Waals surface area contributed by atoms with Gasteiger partial charge in [0.25, 0.3) is 5.56 Å². The van der Waals surface area contributed by atoms with Crippen LogP contribution in [0.1, 0.15) is 43.0 Å². The molecule has 0 aliphatic carbocycles. The first-order valence-corrected chi connectivity index (χ1v) is 9.05. The van der Waals surface area contributed by atoms with Gasteiger partial charge in [-0.1, -0.05) is 0 Å². The van der Waals surface area contributed by atoms with Crippen LogP contribution in [0.3, 0.4) is 0 Å². The zero-order valence-corrected chi connectivity index (χ0v) is 15.3. The number of piperidine rings is 1. The Kier molecular flexibility index (Phi) is 5.68. The number of aromatic nitrogens is 2. The number of nitrogens with zero attached hydrogens (tertiary/aromatic N) is 2. The van der Waals surface area contributed by atoms with Crippen LogP contribution in [0.15, 0.2) is 34.2 Å². The number of quaternary nitrogens is 1. The minimum atomic E-state index is -0.218. The van der Waals surface area contributed by atoms with Gasteiger partial charge in [-0.05, 0) is 56.9 Å². The van der Waals surface area contributed by atoms with Crippen molar-refractivity contribution >= 4 is 11.7 Å². The standard InChI is InChI=1S/C19H25N5O2/c1-13-10-18(26)21-19(20-13)23-22-14(2)15-6-7-17(25)16(11-15)12-24-8-4-3-5-9-24/h6-7,10-11,25H,3-5,8-9,12H2,1-2H3,(H2,20,21,23,26)/p+1/b22-14+. The zero-order valence-electron chi connectivity index (χ0n) is 15.3. The Hall–Kier alpha value is -2.67. The highest BCUT2D eigenvalue weighted by Crippen LogP contribution is 2.18. The molecule has 1 aromatic heterocycles. The first kappa shape index (κ1) is 18.1. The number of hydrogen-bond donors (Lipinski definition) is 4. The van der Waals surface area contributed by atoms with Gasteiger partial charge >= 0.3 is 0 Å². The number of benzene rings is 1. The molecule has 2 heterocycles. The molecule has 0 saturated carbocycles. The summed E-state index contributed by atoms with van der Waals surface area (Å²) in [5, 5.41) is 14.5. The van der Waals surface area contributed by atoms with Gasteiger partial charge in [-0.25, -0.2) is 10.4 Å². The van der Waals surface area contributed by atoms with E-state index in [2.05, 4.69) is 20.5 Å². The van der Waals surface area contributed by atoms with Crippen molar-refractivity contribution in [3.8, 4) is 5.75 Å². The Balaban J connectivity index is 1.74. The van der Waals surface area contributed by atoms with Crippen molar-refractivity contribution in [3.63, 3.8) is 0 Å². The van der Waals surface area contributed by atoms with Crippen LogP contribution in [0.4, 0.5) is 5.95 Å². The molecule has 4 N–H and O–H groups in total. The van der Waals surface area contributed by atoms with Crippen LogP contribution in [-0.4, -0.2) is 33.9 Å². The van der Waals surface area contributed by atoms with E-state index in [4.69, 9.17) is 0 Å². The summed E-state index contributed by atoms with van der Waals surface area (Å²) in [7, 11) is 0. The molecule has 3 rings (SSSR count). The number of phenolic OH excluding ortho intramolecular Hbond substituents is 1. The fourth-order valence-electron chi connectivity index (χ4n) is 3.28. The Labute approximate surface area is 152 Å². The van der Waals surface area contributed by atoms with Crippen LogP contribution in [0, 0.1) is 6.92 Å². The molecule has 7 nitrogen and oxygen atoms in total. The second-order valence-corrected chi connectivity index (χ2v) is 6.88. The normalized spacial score (nSPS) is 15.8. The van der Waals surface area contributed by atoms with Crippen LogP contribution in [-0.2, 0) is 6.54 Å². The summed E-state index contributed by atoms with van der Waals surface area (Å²) in [6.07, 6.45) is 3.81. The summed E-state index contributed by atoms with van der Waals surface area (Å²) in [6.45, 7) is 6.78. The Morgan fingerprint density at radius 3 is 2.81 bits per heavy atom. The van der Waals surface area contributed by atoms with E-state index >= 15 is 0 Å². The predicted molar refractivity (Wildman–Crippen MR) is 102 cm³/mol. The molecule has 0 atom stereocenters. The summed E-state index contributed by atoms with van der Waals surface area (Å²) in [6, 6.07) is 6.98. The lowest BCUT2D eigenvalue weighted by molar-refractivity contribution is -0.918. The maximum atomic E-state index is 11.5. The van der Waals surface area contributed by atoms with Gasteiger partial charge in [0.15, 0.2) is 0 Å². The average molecular weight is 356 g/mol. The lowest BCUT2D eigenvalue weighted by Crippen LogP contribution is -3.11. The van der Waals surface area contributed by atoms with Gasteiger partial charge in [0.05, 0.1) is 18.8 Å². The van der Waals surface area contributed by atoms with Crippen molar-refractivity contribution < 1.29 is 10.0 Å². The van der Waals surface area contributed by atoms with E-state index < -0.39 is 0 Å². The van der Waals surface area contributed by atoms with Gasteiger partial charge in [-0.3, -0.25) is 9.78 Å². The monoisotopic (exact) mass is 356 g/mol. The zero-order chi connectivity index (χ0) is 18.5. The van der Waals surface area contributed by atoms with Crippen molar-refractivity contribution in [3.05, 3.63) is 51.4 Å². The number of nitrogens with one attached hydrogen (secondary N) is 3. The van der Waals surface area contributed by atoms with Crippen LogP contribution in [0.2, 0.25) is 0 Å². The number of hydrogen-bond acceptors (Lipinski definition) is 5. The summed E-state index contributed by atoms with van der Waals surface area (Å²) in [5.41, 5.74) is 5.82. The minimum Gasteiger partial charge on any atom is -0.507 e. The number of hydrazone groups is 1. The molecule has 138 valence electrons. The number of aryl methyl sites for hydroxylation is 1. The molecule has 7 heteroatoms. The Morgan fingerprint density at radius 2 is 2.08 bits per heavy atom. The largest absolute Gasteiger partial charge is 0.507 e. The molecule has 1 saturated heterocycles. The summed E-state index contributed by atoms with van der Waals surface area (Å²) in [5.74, 6) is 0.642. The molecule has 1 aliphatic heterocycles. The van der Waals surface area contributed by atoms with Gasteiger partial charge in [0, 0.05) is 17.3 Å². The summed E-state index contributed by atoms with van der Waals surface area (Å²) >= 11 is 0. The number of phenols is 1. The molecular weight excluding hydrogens is 330 g/mol. The average Bonchev–Trinajstić information content (AvgIpc) is 2.61. The fourth-order valence-corrected chi connectivity index (χ4v) is 3.28. The first-order chi connectivity index (χ1) is 12.5. The third-order valence-corrected chi connectivity index (χ3v) is 4.70. The van der Waals surface area contributed by atoms with E-state index in [-0.39, 0.29) is 5.56 Å². The smallest absolute Gasteiger partial charge is 0.252 e. The molecular formula is C19H26N5O2+. The van der Waals surface area contributed by atoms with Crippen LogP contribution >= 0.6 is 0 Å². The van der Waals surface area contributed by atoms with Crippen LogP contribution < -0.4 is 15.9 Å². The predicted octanol–water partition coefficient (Wildman–Crippen LogP) is 1.19. The van der Waals surface area contributed by atoms with Gasteiger partial charge < -0.3 is 10.0 Å². The SMILES string of the molecule is C/C(=N\Nc1nc(C)cc(=O)[nH]1)c1ccc(O)c(C[NH+]2CCCCC2)c1. The molecule has 2 aromatic rings. The molecule has 0 radical (unpaired) electrons. The van der Waals surface area contributed by atoms with E-state index in [1.165, 1.54) is 30.2 Å². The molecule has 26 heavy (non-hydrogen) atoms. The van der Waals surface area contributed by atoms with E-state index in [1.54, 1.807) is 13.0 Å². The van der Waals surface area contributed by atoms with Gasteiger partial charge in [0.2, 0.25) is 5.95 Å². The highest BCUT2D eigenvalue weighted by atomic mass is 16.3. The quantitative estimate of drug-likeness (QED) is 0.478.